The van der Waals surface area contributed by atoms with E-state index in [1.54, 1.807) is 23.0 Å². The van der Waals surface area contributed by atoms with Gasteiger partial charge in [0.15, 0.2) is 5.65 Å². The first-order valence-corrected chi connectivity index (χ1v) is 13.2. The van der Waals surface area contributed by atoms with E-state index in [0.717, 1.165) is 26.4 Å². The Morgan fingerprint density at radius 2 is 1.82 bits per heavy atom. The zero-order valence-electron chi connectivity index (χ0n) is 18.3. The van der Waals surface area contributed by atoms with Crippen LogP contribution in [-0.4, -0.2) is 76.3 Å². The van der Waals surface area contributed by atoms with Crippen molar-refractivity contribution in [3.05, 3.63) is 57.6 Å². The summed E-state index contributed by atoms with van der Waals surface area (Å²) in [6.07, 6.45) is 2.65. The Morgan fingerprint density at radius 1 is 1.09 bits per heavy atom. The molecule has 1 aromatic carbocycles. The van der Waals surface area contributed by atoms with Gasteiger partial charge in [0.2, 0.25) is 10.0 Å². The summed E-state index contributed by atoms with van der Waals surface area (Å²) in [4.78, 5) is 21.7. The number of aromatic nitrogens is 4. The topological polar surface area (TPSA) is 102 Å². The molecule has 33 heavy (non-hydrogen) atoms. The standard InChI is InChI=1S/C21H24N6O4S2/c1-31-16-5-3-15(4-6-16)12-26-20-18(19-22-14-23-27(19)21(26)28)11-17(32-20)13-24-7-9-25(10-8-24)33(2,29)30/h3-6,11,14H,7-10,12-13H2,1-2H3. The van der Waals surface area contributed by atoms with Gasteiger partial charge in [-0.3, -0.25) is 9.47 Å². The van der Waals surface area contributed by atoms with Crippen molar-refractivity contribution in [3.8, 4) is 5.75 Å². The van der Waals surface area contributed by atoms with Crippen LogP contribution in [0.1, 0.15) is 10.4 Å². The summed E-state index contributed by atoms with van der Waals surface area (Å²) >= 11 is 1.57. The van der Waals surface area contributed by atoms with Gasteiger partial charge in [-0.2, -0.15) is 13.9 Å². The minimum Gasteiger partial charge on any atom is -0.497 e. The van der Waals surface area contributed by atoms with Crippen LogP contribution in [0.5, 0.6) is 5.75 Å². The van der Waals surface area contributed by atoms with Gasteiger partial charge in [0.05, 0.1) is 25.3 Å². The van der Waals surface area contributed by atoms with Crippen LogP contribution in [0.25, 0.3) is 15.9 Å². The Hall–Kier alpha value is -2.80. The molecule has 1 saturated heterocycles. The molecular weight excluding hydrogens is 464 g/mol. The second kappa shape index (κ2) is 8.52. The summed E-state index contributed by atoms with van der Waals surface area (Å²) in [6, 6.07) is 9.71. The van der Waals surface area contributed by atoms with Crippen LogP contribution >= 0.6 is 11.3 Å². The van der Waals surface area contributed by atoms with Gasteiger partial charge in [0, 0.05) is 37.6 Å². The third-order valence-corrected chi connectivity index (χ3v) is 8.33. The Kier molecular flexibility index (Phi) is 5.69. The number of rotatable bonds is 6. The molecule has 4 aromatic rings. The molecule has 174 valence electrons. The van der Waals surface area contributed by atoms with Gasteiger partial charge in [-0.25, -0.2) is 18.2 Å². The van der Waals surface area contributed by atoms with Crippen molar-refractivity contribution in [3.63, 3.8) is 0 Å². The van der Waals surface area contributed by atoms with Crippen molar-refractivity contribution in [2.75, 3.05) is 39.5 Å². The van der Waals surface area contributed by atoms with Crippen molar-refractivity contribution >= 4 is 37.2 Å². The van der Waals surface area contributed by atoms with Crippen LogP contribution in [0.15, 0.2) is 41.5 Å². The van der Waals surface area contributed by atoms with E-state index in [2.05, 4.69) is 21.0 Å². The lowest BCUT2D eigenvalue weighted by Gasteiger charge is -2.32. The van der Waals surface area contributed by atoms with Gasteiger partial charge < -0.3 is 4.74 Å². The van der Waals surface area contributed by atoms with E-state index < -0.39 is 10.0 Å². The molecule has 1 aliphatic heterocycles. The molecule has 0 spiro atoms. The van der Waals surface area contributed by atoms with Crippen molar-refractivity contribution in [2.24, 2.45) is 0 Å². The first-order valence-electron chi connectivity index (χ1n) is 10.5. The predicted octanol–water partition coefficient (Wildman–Crippen LogP) is 1.24. The molecule has 0 amide bonds. The fourth-order valence-corrected chi connectivity index (χ4v) is 6.14. The zero-order valence-corrected chi connectivity index (χ0v) is 20.0. The van der Waals surface area contributed by atoms with E-state index in [1.165, 1.54) is 21.4 Å². The largest absolute Gasteiger partial charge is 0.497 e. The number of hydrogen-bond donors (Lipinski definition) is 0. The number of thiophene rings is 1. The van der Waals surface area contributed by atoms with Crippen molar-refractivity contribution in [2.45, 2.75) is 13.1 Å². The monoisotopic (exact) mass is 488 g/mol. The number of benzene rings is 1. The molecule has 0 aliphatic carbocycles. The molecule has 0 unspecified atom stereocenters. The van der Waals surface area contributed by atoms with Gasteiger partial charge in [0.25, 0.3) is 0 Å². The minimum atomic E-state index is -3.16. The first kappa shape index (κ1) is 22.0. The van der Waals surface area contributed by atoms with Gasteiger partial charge in [-0.1, -0.05) is 12.1 Å². The molecular formula is C21H24N6O4S2. The lowest BCUT2D eigenvalue weighted by atomic mass is 10.2. The zero-order chi connectivity index (χ0) is 23.2. The number of nitrogens with zero attached hydrogens (tertiary/aromatic N) is 6. The first-order chi connectivity index (χ1) is 15.8. The van der Waals surface area contributed by atoms with Crippen LogP contribution < -0.4 is 10.4 Å². The highest BCUT2D eigenvalue weighted by molar-refractivity contribution is 7.88. The second-order valence-corrected chi connectivity index (χ2v) is 11.2. The van der Waals surface area contributed by atoms with Crippen molar-refractivity contribution in [1.82, 2.24) is 28.4 Å². The van der Waals surface area contributed by atoms with Gasteiger partial charge in [-0.15, -0.1) is 11.3 Å². The summed E-state index contributed by atoms with van der Waals surface area (Å²) in [5, 5.41) is 5.02. The number of hydrogen-bond acceptors (Lipinski definition) is 8. The molecule has 12 heteroatoms. The Labute approximate surface area is 194 Å². The average molecular weight is 489 g/mol. The predicted molar refractivity (Wildman–Crippen MR) is 126 cm³/mol. The van der Waals surface area contributed by atoms with E-state index in [1.807, 2.05) is 24.3 Å². The van der Waals surface area contributed by atoms with E-state index in [9.17, 15) is 13.2 Å². The molecule has 0 saturated carbocycles. The fourth-order valence-electron chi connectivity index (χ4n) is 4.13. The summed E-state index contributed by atoms with van der Waals surface area (Å²) in [5.41, 5.74) is 1.29. The molecule has 0 N–H and O–H groups in total. The number of fused-ring (bicyclic) bond motifs is 3. The number of piperazine rings is 1. The summed E-state index contributed by atoms with van der Waals surface area (Å²) in [6.45, 7) is 3.40. The number of ether oxygens (including phenoxy) is 1. The molecule has 10 nitrogen and oxygen atoms in total. The SMILES string of the molecule is COc1ccc(Cn2c(=O)n3ncnc3c3cc(CN4CCN(S(C)(=O)=O)CC4)sc32)cc1. The van der Waals surface area contributed by atoms with E-state index in [-0.39, 0.29) is 5.69 Å². The van der Waals surface area contributed by atoms with Gasteiger partial charge >= 0.3 is 5.69 Å². The molecule has 1 aliphatic rings. The molecule has 4 heterocycles. The molecule has 1 fully saturated rings. The lowest BCUT2D eigenvalue weighted by Crippen LogP contribution is -2.47. The Morgan fingerprint density at radius 3 is 2.48 bits per heavy atom. The highest BCUT2D eigenvalue weighted by Crippen LogP contribution is 2.29. The van der Waals surface area contributed by atoms with Gasteiger partial charge in [0.1, 0.15) is 16.9 Å². The fraction of sp³-hybridized carbons (Fsp3) is 0.381. The minimum absolute atomic E-state index is 0.235. The Bertz CT molecular complexity index is 1460. The quantitative estimate of drug-likeness (QED) is 0.402. The molecule has 3 aromatic heterocycles. The molecule has 0 bridgehead atoms. The van der Waals surface area contributed by atoms with Crippen LogP contribution in [-0.2, 0) is 23.1 Å². The van der Waals surface area contributed by atoms with E-state index >= 15 is 0 Å². The third-order valence-electron chi connectivity index (χ3n) is 5.89. The smallest absolute Gasteiger partial charge is 0.352 e. The second-order valence-electron chi connectivity index (χ2n) is 8.08. The van der Waals surface area contributed by atoms with Crippen molar-refractivity contribution < 1.29 is 13.2 Å². The summed E-state index contributed by atoms with van der Waals surface area (Å²) < 4.78 is 33.4. The normalized spacial score (nSPS) is 16.1. The highest BCUT2D eigenvalue weighted by atomic mass is 32.2. The average Bonchev–Trinajstić information content (AvgIpc) is 3.44. The van der Waals surface area contributed by atoms with Gasteiger partial charge in [-0.05, 0) is 23.8 Å². The maximum Gasteiger partial charge on any atom is 0.352 e. The number of methoxy groups -OCH3 is 1. The Balaban J connectivity index is 1.47. The van der Waals surface area contributed by atoms with Crippen molar-refractivity contribution in [1.29, 1.82) is 0 Å². The van der Waals surface area contributed by atoms with Crippen LogP contribution in [0.2, 0.25) is 0 Å². The van der Waals surface area contributed by atoms with Crippen LogP contribution in [0.4, 0.5) is 0 Å². The molecule has 5 rings (SSSR count). The summed E-state index contributed by atoms with van der Waals surface area (Å²) in [7, 11) is -1.54. The molecule has 0 radical (unpaired) electrons. The number of sulfonamides is 1. The van der Waals surface area contributed by atoms with Crippen LogP contribution in [0, 0.1) is 0 Å². The summed E-state index contributed by atoms with van der Waals surface area (Å²) in [5.74, 6) is 0.761. The molecule has 0 atom stereocenters. The van der Waals surface area contributed by atoms with E-state index in [4.69, 9.17) is 4.74 Å². The van der Waals surface area contributed by atoms with E-state index in [0.29, 0.717) is 44.9 Å². The maximum atomic E-state index is 13.2. The third kappa shape index (κ3) is 4.26. The highest BCUT2D eigenvalue weighted by Gasteiger charge is 2.24. The lowest BCUT2D eigenvalue weighted by molar-refractivity contribution is 0.183. The maximum absolute atomic E-state index is 13.2. The van der Waals surface area contributed by atoms with Crippen LogP contribution in [0.3, 0.4) is 0 Å².